The molecule has 2 N–H and O–H groups in total. The van der Waals surface area contributed by atoms with Crippen LogP contribution in [0, 0.1) is 5.92 Å². The molecule has 1 aliphatic rings. The van der Waals surface area contributed by atoms with E-state index in [1.807, 2.05) is 0 Å². The van der Waals surface area contributed by atoms with Crippen LogP contribution in [0.15, 0.2) is 18.5 Å². The number of amides is 1. The number of hydrogen-bond acceptors (Lipinski definition) is 4. The molecule has 1 amide bonds. The van der Waals surface area contributed by atoms with E-state index < -0.39 is 11.9 Å². The van der Waals surface area contributed by atoms with Crippen molar-refractivity contribution < 1.29 is 14.7 Å². The van der Waals surface area contributed by atoms with Crippen molar-refractivity contribution in [2.75, 3.05) is 0 Å². The Morgan fingerprint density at radius 1 is 1.15 bits per heavy atom. The average molecular weight is 277 g/mol. The van der Waals surface area contributed by atoms with Gasteiger partial charge >= 0.3 is 5.97 Å². The third-order valence-electron chi connectivity index (χ3n) is 3.75. The number of carboxylic acids is 1. The van der Waals surface area contributed by atoms with Crippen LogP contribution in [-0.4, -0.2) is 33.2 Å². The molecule has 1 heterocycles. The summed E-state index contributed by atoms with van der Waals surface area (Å²) in [7, 11) is 0. The highest BCUT2D eigenvalue weighted by Gasteiger charge is 2.30. The Hall–Kier alpha value is -1.98. The highest BCUT2D eigenvalue weighted by atomic mass is 16.4. The number of carboxylic acid groups (broad SMARTS) is 1. The summed E-state index contributed by atoms with van der Waals surface area (Å²) in [5.41, 5.74) is 0.409. The molecule has 1 saturated carbocycles. The van der Waals surface area contributed by atoms with Crippen molar-refractivity contribution >= 4 is 11.9 Å². The van der Waals surface area contributed by atoms with Crippen molar-refractivity contribution in [3.63, 3.8) is 0 Å². The predicted octanol–water partition coefficient (Wildman–Crippen LogP) is 1.63. The number of aromatic nitrogens is 2. The molecule has 0 saturated heterocycles. The van der Waals surface area contributed by atoms with Gasteiger partial charge in [0.25, 0.3) is 5.91 Å². The minimum atomic E-state index is -0.829. The van der Waals surface area contributed by atoms with Crippen molar-refractivity contribution in [2.45, 2.75) is 44.6 Å². The fourth-order valence-electron chi connectivity index (χ4n) is 2.63. The molecule has 6 nitrogen and oxygen atoms in total. The number of nitrogens with zero attached hydrogens (tertiary/aromatic N) is 2. The Kier molecular flexibility index (Phi) is 5.03. The first-order valence-corrected chi connectivity index (χ1v) is 6.99. The normalized spacial score (nSPS) is 23.4. The van der Waals surface area contributed by atoms with Crippen LogP contribution in [0.5, 0.6) is 0 Å². The zero-order valence-electron chi connectivity index (χ0n) is 11.3. The van der Waals surface area contributed by atoms with Crippen LogP contribution in [0.2, 0.25) is 0 Å². The molecule has 2 unspecified atom stereocenters. The van der Waals surface area contributed by atoms with E-state index in [9.17, 15) is 14.7 Å². The third-order valence-corrected chi connectivity index (χ3v) is 3.75. The summed E-state index contributed by atoms with van der Waals surface area (Å²) in [4.78, 5) is 23.5. The van der Waals surface area contributed by atoms with E-state index in [1.54, 1.807) is 6.07 Å². The second kappa shape index (κ2) is 6.98. The van der Waals surface area contributed by atoms with Crippen LogP contribution in [-0.2, 0) is 4.79 Å². The maximum absolute atomic E-state index is 12.1. The lowest BCUT2D eigenvalue weighted by atomic mass is 9.86. The Balaban J connectivity index is 2.06. The van der Waals surface area contributed by atoms with E-state index >= 15 is 0 Å². The van der Waals surface area contributed by atoms with Crippen molar-refractivity contribution in [2.24, 2.45) is 5.92 Å². The predicted molar refractivity (Wildman–Crippen MR) is 72.1 cm³/mol. The molecule has 1 aliphatic carbocycles. The number of carbonyl (C=O) groups is 2. The van der Waals surface area contributed by atoms with Gasteiger partial charge in [-0.05, 0) is 18.9 Å². The van der Waals surface area contributed by atoms with Gasteiger partial charge in [-0.1, -0.05) is 25.7 Å². The summed E-state index contributed by atoms with van der Waals surface area (Å²) < 4.78 is 0. The van der Waals surface area contributed by atoms with Gasteiger partial charge in [-0.15, -0.1) is 0 Å². The zero-order chi connectivity index (χ0) is 14.4. The fraction of sp³-hybridized carbons (Fsp3) is 0.571. The highest BCUT2D eigenvalue weighted by Crippen LogP contribution is 2.23. The Labute approximate surface area is 117 Å². The number of carbonyl (C=O) groups excluding carboxylic acids is 1. The van der Waals surface area contributed by atoms with Gasteiger partial charge in [0.15, 0.2) is 0 Å². The molecule has 6 heteroatoms. The first kappa shape index (κ1) is 14.4. The fourth-order valence-corrected chi connectivity index (χ4v) is 2.63. The summed E-state index contributed by atoms with van der Waals surface area (Å²) in [6, 6.07) is 1.26. The quantitative estimate of drug-likeness (QED) is 0.876. The topological polar surface area (TPSA) is 92.2 Å². The highest BCUT2D eigenvalue weighted by molar-refractivity contribution is 5.94. The standard InChI is InChI=1S/C14H19N3O3/c18-13(10-7-8-15-16-9-10)17-12-6-4-2-1-3-5-11(12)14(19)20/h7-9,11-12H,1-6H2,(H,17,18)(H,19,20). The summed E-state index contributed by atoms with van der Waals surface area (Å²) >= 11 is 0. The molecular formula is C14H19N3O3. The summed E-state index contributed by atoms with van der Waals surface area (Å²) in [5, 5.41) is 19.5. The average Bonchev–Trinajstić information content (AvgIpc) is 2.42. The molecule has 0 spiro atoms. The molecule has 20 heavy (non-hydrogen) atoms. The molecule has 1 aromatic rings. The Bertz CT molecular complexity index is 464. The van der Waals surface area contributed by atoms with Crippen LogP contribution in [0.1, 0.15) is 48.9 Å². The van der Waals surface area contributed by atoms with Gasteiger partial charge in [0.05, 0.1) is 23.9 Å². The van der Waals surface area contributed by atoms with Crippen molar-refractivity contribution in [3.05, 3.63) is 24.0 Å². The van der Waals surface area contributed by atoms with Crippen LogP contribution in [0.3, 0.4) is 0 Å². The van der Waals surface area contributed by atoms with Crippen molar-refractivity contribution in [1.29, 1.82) is 0 Å². The first-order chi connectivity index (χ1) is 9.68. The Morgan fingerprint density at radius 2 is 1.90 bits per heavy atom. The van der Waals surface area contributed by atoms with Gasteiger partial charge in [0.1, 0.15) is 0 Å². The van der Waals surface area contributed by atoms with Crippen LogP contribution < -0.4 is 5.32 Å². The van der Waals surface area contributed by atoms with Crippen molar-refractivity contribution in [3.8, 4) is 0 Å². The second-order valence-corrected chi connectivity index (χ2v) is 5.15. The van der Waals surface area contributed by atoms with E-state index in [4.69, 9.17) is 0 Å². The van der Waals surface area contributed by atoms with Crippen LogP contribution >= 0.6 is 0 Å². The van der Waals surface area contributed by atoms with Gasteiger partial charge in [-0.2, -0.15) is 10.2 Å². The smallest absolute Gasteiger partial charge is 0.308 e. The second-order valence-electron chi connectivity index (χ2n) is 5.15. The summed E-state index contributed by atoms with van der Waals surface area (Å²) in [6.07, 6.45) is 8.17. The minimum Gasteiger partial charge on any atom is -0.481 e. The molecule has 0 radical (unpaired) electrons. The minimum absolute atomic E-state index is 0.281. The molecule has 0 aliphatic heterocycles. The van der Waals surface area contributed by atoms with Gasteiger partial charge in [0, 0.05) is 6.04 Å². The maximum atomic E-state index is 12.1. The molecular weight excluding hydrogens is 258 g/mol. The van der Waals surface area contributed by atoms with Crippen LogP contribution in [0.25, 0.3) is 0 Å². The Morgan fingerprint density at radius 3 is 2.55 bits per heavy atom. The molecule has 0 aromatic carbocycles. The first-order valence-electron chi connectivity index (χ1n) is 6.99. The molecule has 1 fully saturated rings. The lowest BCUT2D eigenvalue weighted by Gasteiger charge is -2.27. The third kappa shape index (κ3) is 3.76. The van der Waals surface area contributed by atoms with Gasteiger partial charge in [-0.3, -0.25) is 9.59 Å². The SMILES string of the molecule is O=C(NC1CCCCCCC1C(=O)O)c1ccnnc1. The van der Waals surface area contributed by atoms with Gasteiger partial charge < -0.3 is 10.4 Å². The molecule has 2 atom stereocenters. The lowest BCUT2D eigenvalue weighted by Crippen LogP contribution is -2.44. The summed E-state index contributed by atoms with van der Waals surface area (Å²) in [5.74, 6) is -1.61. The van der Waals surface area contributed by atoms with Crippen LogP contribution in [0.4, 0.5) is 0 Å². The van der Waals surface area contributed by atoms with E-state index in [2.05, 4.69) is 15.5 Å². The monoisotopic (exact) mass is 277 g/mol. The number of hydrogen-bond donors (Lipinski definition) is 2. The number of rotatable bonds is 3. The van der Waals surface area contributed by atoms with E-state index in [-0.39, 0.29) is 11.9 Å². The zero-order valence-corrected chi connectivity index (χ0v) is 11.3. The summed E-state index contributed by atoms with van der Waals surface area (Å²) in [6.45, 7) is 0. The maximum Gasteiger partial charge on any atom is 0.308 e. The van der Waals surface area contributed by atoms with Gasteiger partial charge in [0.2, 0.25) is 0 Å². The number of aliphatic carboxylic acids is 1. The van der Waals surface area contributed by atoms with E-state index in [0.717, 1.165) is 25.7 Å². The molecule has 0 bridgehead atoms. The molecule has 1 aromatic heterocycles. The number of nitrogens with one attached hydrogen (secondary N) is 1. The lowest BCUT2D eigenvalue weighted by molar-refractivity contribution is -0.143. The van der Waals surface area contributed by atoms with E-state index in [1.165, 1.54) is 12.4 Å². The molecule has 108 valence electrons. The van der Waals surface area contributed by atoms with Gasteiger partial charge in [-0.25, -0.2) is 0 Å². The van der Waals surface area contributed by atoms with Crippen molar-refractivity contribution in [1.82, 2.24) is 15.5 Å². The van der Waals surface area contributed by atoms with E-state index in [0.29, 0.717) is 18.4 Å². The molecule has 2 rings (SSSR count). The largest absolute Gasteiger partial charge is 0.481 e.